The zero-order valence-corrected chi connectivity index (χ0v) is 13.5. The van der Waals surface area contributed by atoms with E-state index in [1.54, 1.807) is 18.2 Å². The van der Waals surface area contributed by atoms with Crippen molar-refractivity contribution in [1.82, 2.24) is 0 Å². The van der Waals surface area contributed by atoms with Crippen LogP contribution in [-0.4, -0.2) is 12.5 Å². The minimum atomic E-state index is -0.358. The van der Waals surface area contributed by atoms with Gasteiger partial charge in [0.05, 0.1) is 12.2 Å². The molecule has 0 saturated carbocycles. The minimum absolute atomic E-state index is 0.0502. The van der Waals surface area contributed by atoms with E-state index in [1.165, 1.54) is 12.1 Å². The maximum absolute atomic E-state index is 13.1. The molecule has 0 aliphatic rings. The zero-order valence-electron chi connectivity index (χ0n) is 10.3. The predicted octanol–water partition coefficient (Wildman–Crippen LogP) is 4.40. The number of halogens is 3. The second-order valence-corrected chi connectivity index (χ2v) is 5.81. The summed E-state index contributed by atoms with van der Waals surface area (Å²) in [5.41, 5.74) is 1.24. The molecule has 0 saturated heterocycles. The normalized spacial score (nSPS) is 10.2. The third-order valence-corrected chi connectivity index (χ3v) is 3.66. The number of hydrogen-bond acceptors (Lipinski definition) is 2. The highest BCUT2D eigenvalue weighted by molar-refractivity contribution is 9.10. The van der Waals surface area contributed by atoms with E-state index in [0.29, 0.717) is 15.8 Å². The average molecular weight is 402 g/mol. The summed E-state index contributed by atoms with van der Waals surface area (Å²) in [6.45, 7) is 0.0502. The number of nitrogens with one attached hydrogen (secondary N) is 2. The molecule has 0 aromatic heterocycles. The van der Waals surface area contributed by atoms with Crippen molar-refractivity contribution in [3.8, 4) is 0 Å². The smallest absolute Gasteiger partial charge is 0.243 e. The highest BCUT2D eigenvalue weighted by Crippen LogP contribution is 2.22. The van der Waals surface area contributed by atoms with Gasteiger partial charge in [0.25, 0.3) is 0 Å². The number of benzene rings is 2. The Morgan fingerprint density at radius 2 is 1.95 bits per heavy atom. The number of rotatable bonds is 4. The van der Waals surface area contributed by atoms with Gasteiger partial charge in [0, 0.05) is 14.6 Å². The van der Waals surface area contributed by atoms with Gasteiger partial charge in [-0.2, -0.15) is 0 Å². The van der Waals surface area contributed by atoms with E-state index in [9.17, 15) is 9.18 Å². The van der Waals surface area contributed by atoms with Crippen molar-refractivity contribution in [2.45, 2.75) is 0 Å². The van der Waals surface area contributed by atoms with Gasteiger partial charge in [0.2, 0.25) is 5.91 Å². The van der Waals surface area contributed by atoms with Crippen molar-refractivity contribution in [2.24, 2.45) is 0 Å². The van der Waals surface area contributed by atoms with Crippen LogP contribution in [0.4, 0.5) is 15.8 Å². The first kappa shape index (κ1) is 15.0. The molecule has 2 aromatic rings. The molecule has 0 radical (unpaired) electrons. The standard InChI is InChI=1S/C14H11Br2FN2O/c15-9-2-1-3-11(6-9)19-14(20)8-18-13-7-10(17)4-5-12(13)16/h1-7,18H,8H2,(H,19,20). The van der Waals surface area contributed by atoms with Crippen LogP contribution in [-0.2, 0) is 4.79 Å². The van der Waals surface area contributed by atoms with Crippen LogP contribution in [0.25, 0.3) is 0 Å². The van der Waals surface area contributed by atoms with E-state index in [1.807, 2.05) is 12.1 Å². The Labute approximate surface area is 132 Å². The molecule has 0 aliphatic heterocycles. The zero-order chi connectivity index (χ0) is 14.5. The third kappa shape index (κ3) is 4.31. The number of anilines is 2. The summed E-state index contributed by atoms with van der Waals surface area (Å²) in [5, 5.41) is 5.62. The molecule has 0 aliphatic carbocycles. The van der Waals surface area contributed by atoms with Gasteiger partial charge in [-0.3, -0.25) is 4.79 Å². The molecule has 0 bridgehead atoms. The number of carbonyl (C=O) groups excluding carboxylic acids is 1. The summed E-state index contributed by atoms with van der Waals surface area (Å²) in [4.78, 5) is 11.8. The van der Waals surface area contributed by atoms with Crippen molar-refractivity contribution in [1.29, 1.82) is 0 Å². The van der Waals surface area contributed by atoms with E-state index >= 15 is 0 Å². The van der Waals surface area contributed by atoms with Gasteiger partial charge < -0.3 is 10.6 Å². The van der Waals surface area contributed by atoms with Crippen LogP contribution in [0.5, 0.6) is 0 Å². The Morgan fingerprint density at radius 1 is 1.15 bits per heavy atom. The molecule has 0 atom stereocenters. The fraction of sp³-hybridized carbons (Fsp3) is 0.0714. The summed E-state index contributed by atoms with van der Waals surface area (Å²) in [6.07, 6.45) is 0. The first-order chi connectivity index (χ1) is 9.54. The Balaban J connectivity index is 1.94. The minimum Gasteiger partial charge on any atom is -0.375 e. The van der Waals surface area contributed by atoms with E-state index in [4.69, 9.17) is 0 Å². The van der Waals surface area contributed by atoms with Crippen LogP contribution < -0.4 is 10.6 Å². The molecule has 2 rings (SSSR count). The largest absolute Gasteiger partial charge is 0.375 e. The van der Waals surface area contributed by atoms with Crippen LogP contribution in [0.1, 0.15) is 0 Å². The highest BCUT2D eigenvalue weighted by atomic mass is 79.9. The number of amides is 1. The fourth-order valence-electron chi connectivity index (χ4n) is 1.58. The molecule has 0 spiro atoms. The van der Waals surface area contributed by atoms with Gasteiger partial charge in [0.1, 0.15) is 5.82 Å². The van der Waals surface area contributed by atoms with Crippen molar-refractivity contribution in [2.75, 3.05) is 17.2 Å². The lowest BCUT2D eigenvalue weighted by Crippen LogP contribution is -2.21. The molecule has 20 heavy (non-hydrogen) atoms. The summed E-state index contributed by atoms with van der Waals surface area (Å²) >= 11 is 6.62. The highest BCUT2D eigenvalue weighted by Gasteiger charge is 2.05. The summed E-state index contributed by atoms with van der Waals surface area (Å²) in [7, 11) is 0. The van der Waals surface area contributed by atoms with Crippen molar-refractivity contribution in [3.63, 3.8) is 0 Å². The second kappa shape index (κ2) is 6.85. The summed E-state index contributed by atoms with van der Waals surface area (Å²) in [5.74, 6) is -0.567. The van der Waals surface area contributed by atoms with Crippen molar-refractivity contribution < 1.29 is 9.18 Å². The average Bonchev–Trinajstić information content (AvgIpc) is 2.40. The van der Waals surface area contributed by atoms with Crippen LogP contribution in [0.15, 0.2) is 51.4 Å². The lowest BCUT2D eigenvalue weighted by molar-refractivity contribution is -0.114. The van der Waals surface area contributed by atoms with Crippen LogP contribution in [0, 0.1) is 5.82 Å². The van der Waals surface area contributed by atoms with Crippen LogP contribution >= 0.6 is 31.9 Å². The van der Waals surface area contributed by atoms with Crippen molar-refractivity contribution in [3.05, 3.63) is 57.2 Å². The Morgan fingerprint density at radius 3 is 2.70 bits per heavy atom. The Bertz CT molecular complexity index is 634. The van der Waals surface area contributed by atoms with E-state index in [2.05, 4.69) is 42.5 Å². The van der Waals surface area contributed by atoms with E-state index in [-0.39, 0.29) is 18.3 Å². The molecule has 0 unspecified atom stereocenters. The molecule has 2 N–H and O–H groups in total. The van der Waals surface area contributed by atoms with Crippen LogP contribution in [0.2, 0.25) is 0 Å². The van der Waals surface area contributed by atoms with Gasteiger partial charge in [-0.1, -0.05) is 22.0 Å². The Hall–Kier alpha value is -1.40. The SMILES string of the molecule is O=C(CNc1cc(F)ccc1Br)Nc1cccc(Br)c1. The lowest BCUT2D eigenvalue weighted by Gasteiger charge is -2.09. The maximum atomic E-state index is 13.1. The van der Waals surface area contributed by atoms with Gasteiger partial charge in [-0.25, -0.2) is 4.39 Å². The maximum Gasteiger partial charge on any atom is 0.243 e. The van der Waals surface area contributed by atoms with Gasteiger partial charge in [-0.15, -0.1) is 0 Å². The van der Waals surface area contributed by atoms with E-state index < -0.39 is 0 Å². The van der Waals surface area contributed by atoms with Gasteiger partial charge >= 0.3 is 0 Å². The molecule has 2 aromatic carbocycles. The molecular weight excluding hydrogens is 391 g/mol. The van der Waals surface area contributed by atoms with Crippen LogP contribution in [0.3, 0.4) is 0 Å². The quantitative estimate of drug-likeness (QED) is 0.797. The monoisotopic (exact) mass is 400 g/mol. The van der Waals surface area contributed by atoms with Crippen molar-refractivity contribution >= 4 is 49.1 Å². The molecular formula is C14H11Br2FN2O. The fourth-order valence-corrected chi connectivity index (χ4v) is 2.37. The van der Waals surface area contributed by atoms with Gasteiger partial charge in [-0.05, 0) is 52.3 Å². The lowest BCUT2D eigenvalue weighted by atomic mass is 10.3. The second-order valence-electron chi connectivity index (χ2n) is 4.04. The molecule has 1 amide bonds. The third-order valence-electron chi connectivity index (χ3n) is 2.48. The molecule has 104 valence electrons. The number of carbonyl (C=O) groups is 1. The first-order valence-electron chi connectivity index (χ1n) is 5.79. The molecule has 0 fully saturated rings. The van der Waals surface area contributed by atoms with Gasteiger partial charge in [0.15, 0.2) is 0 Å². The summed E-state index contributed by atoms with van der Waals surface area (Å²) < 4.78 is 14.7. The molecule has 0 heterocycles. The topological polar surface area (TPSA) is 41.1 Å². The Kier molecular flexibility index (Phi) is 5.14. The summed E-state index contributed by atoms with van der Waals surface area (Å²) in [6, 6.07) is 11.6. The first-order valence-corrected chi connectivity index (χ1v) is 7.37. The van der Waals surface area contributed by atoms with E-state index in [0.717, 1.165) is 4.47 Å². The molecule has 3 nitrogen and oxygen atoms in total. The predicted molar refractivity (Wildman–Crippen MR) is 85.4 cm³/mol. The molecule has 6 heteroatoms. The number of hydrogen-bond donors (Lipinski definition) is 2.